The molecule has 0 aliphatic carbocycles. The quantitative estimate of drug-likeness (QED) is 0.765. The molecule has 0 aromatic heterocycles. The average Bonchev–Trinajstić information content (AvgIpc) is 2.54. The molecule has 1 aromatic rings. The molecule has 1 aliphatic rings. The molecular formula is C15H22N2O4S. The zero-order chi connectivity index (χ0) is 16.3. The van der Waals surface area contributed by atoms with E-state index in [4.69, 9.17) is 4.74 Å². The van der Waals surface area contributed by atoms with Gasteiger partial charge in [-0.2, -0.15) is 4.31 Å². The Morgan fingerprint density at radius 3 is 2.32 bits per heavy atom. The minimum Gasteiger partial charge on any atom is -0.495 e. The predicted octanol–water partition coefficient (Wildman–Crippen LogP) is 1.28. The summed E-state index contributed by atoms with van der Waals surface area (Å²) in [6.45, 7) is 5.51. The van der Waals surface area contributed by atoms with Crippen molar-refractivity contribution in [2.75, 3.05) is 33.3 Å². The summed E-state index contributed by atoms with van der Waals surface area (Å²) in [5.41, 5.74) is 1.03. The molecule has 7 heteroatoms. The van der Waals surface area contributed by atoms with Crippen LogP contribution in [-0.2, 0) is 14.8 Å². The van der Waals surface area contributed by atoms with Gasteiger partial charge in [0, 0.05) is 26.2 Å². The fourth-order valence-corrected chi connectivity index (χ4v) is 4.00. The van der Waals surface area contributed by atoms with Gasteiger partial charge in [0.2, 0.25) is 16.4 Å². The highest BCUT2D eigenvalue weighted by Gasteiger charge is 2.30. The number of ether oxygens (including phenoxy) is 1. The van der Waals surface area contributed by atoms with Crippen molar-refractivity contribution in [1.82, 2.24) is 9.21 Å². The standard InChI is InChI=1S/C15H22N2O4S/c1-12(2)13-4-5-15(14(10-13)21-3)22(19,20)17-8-6-16(11-18)7-9-17/h4-5,10-12H,6-9H2,1-3H3. The third kappa shape index (κ3) is 3.25. The van der Waals surface area contributed by atoms with E-state index in [-0.39, 0.29) is 4.90 Å². The van der Waals surface area contributed by atoms with E-state index in [1.54, 1.807) is 17.0 Å². The van der Waals surface area contributed by atoms with Crippen LogP contribution < -0.4 is 4.74 Å². The SMILES string of the molecule is COc1cc(C(C)C)ccc1S(=O)(=O)N1CCN(C=O)CC1. The molecule has 0 bridgehead atoms. The molecule has 0 radical (unpaired) electrons. The maximum Gasteiger partial charge on any atom is 0.246 e. The molecule has 1 aliphatic heterocycles. The lowest BCUT2D eigenvalue weighted by Crippen LogP contribution is -2.48. The highest BCUT2D eigenvalue weighted by atomic mass is 32.2. The number of methoxy groups -OCH3 is 1. The van der Waals surface area contributed by atoms with Crippen molar-refractivity contribution in [2.24, 2.45) is 0 Å². The van der Waals surface area contributed by atoms with Gasteiger partial charge in [0.1, 0.15) is 10.6 Å². The summed E-state index contributed by atoms with van der Waals surface area (Å²) in [6.07, 6.45) is 0.752. The largest absolute Gasteiger partial charge is 0.495 e. The molecule has 6 nitrogen and oxygen atoms in total. The Morgan fingerprint density at radius 2 is 1.82 bits per heavy atom. The highest BCUT2D eigenvalue weighted by molar-refractivity contribution is 7.89. The van der Waals surface area contributed by atoms with Crippen molar-refractivity contribution in [3.05, 3.63) is 23.8 Å². The summed E-state index contributed by atoms with van der Waals surface area (Å²) in [6, 6.07) is 5.20. The molecule has 0 N–H and O–H groups in total. The molecule has 1 amide bonds. The van der Waals surface area contributed by atoms with E-state index in [9.17, 15) is 13.2 Å². The molecule has 0 atom stereocenters. The van der Waals surface area contributed by atoms with Gasteiger partial charge in [0.05, 0.1) is 7.11 Å². The van der Waals surface area contributed by atoms with Crippen LogP contribution in [0.4, 0.5) is 0 Å². The third-order valence-corrected chi connectivity index (χ3v) is 5.83. The van der Waals surface area contributed by atoms with Crippen LogP contribution in [0.5, 0.6) is 5.75 Å². The van der Waals surface area contributed by atoms with Crippen molar-refractivity contribution >= 4 is 16.4 Å². The Labute approximate surface area is 131 Å². The van der Waals surface area contributed by atoms with Crippen LogP contribution in [0, 0.1) is 0 Å². The maximum absolute atomic E-state index is 12.8. The van der Waals surface area contributed by atoms with Gasteiger partial charge in [-0.25, -0.2) is 8.42 Å². The van der Waals surface area contributed by atoms with Gasteiger partial charge < -0.3 is 9.64 Å². The van der Waals surface area contributed by atoms with E-state index in [0.717, 1.165) is 12.0 Å². The number of amides is 1. The van der Waals surface area contributed by atoms with Gasteiger partial charge >= 0.3 is 0 Å². The second kappa shape index (κ2) is 6.66. The number of hydrogen-bond donors (Lipinski definition) is 0. The molecule has 0 spiro atoms. The lowest BCUT2D eigenvalue weighted by atomic mass is 10.0. The van der Waals surface area contributed by atoms with E-state index in [2.05, 4.69) is 0 Å². The summed E-state index contributed by atoms with van der Waals surface area (Å²) < 4.78 is 32.3. The zero-order valence-electron chi connectivity index (χ0n) is 13.2. The fraction of sp³-hybridized carbons (Fsp3) is 0.533. The molecular weight excluding hydrogens is 304 g/mol. The number of piperazine rings is 1. The number of hydrogen-bond acceptors (Lipinski definition) is 4. The topological polar surface area (TPSA) is 66.9 Å². The number of benzene rings is 1. The Hall–Kier alpha value is -1.60. The van der Waals surface area contributed by atoms with Gasteiger partial charge in [0.25, 0.3) is 0 Å². The monoisotopic (exact) mass is 326 g/mol. The lowest BCUT2D eigenvalue weighted by molar-refractivity contribution is -0.119. The van der Waals surface area contributed by atoms with Crippen LogP contribution in [0.3, 0.4) is 0 Å². The minimum absolute atomic E-state index is 0.180. The van der Waals surface area contributed by atoms with E-state index < -0.39 is 10.0 Å². The Morgan fingerprint density at radius 1 is 1.18 bits per heavy atom. The van der Waals surface area contributed by atoms with Gasteiger partial charge in [-0.1, -0.05) is 19.9 Å². The van der Waals surface area contributed by atoms with Crippen LogP contribution in [0.25, 0.3) is 0 Å². The third-order valence-electron chi connectivity index (χ3n) is 3.89. The van der Waals surface area contributed by atoms with Gasteiger partial charge in [-0.15, -0.1) is 0 Å². The summed E-state index contributed by atoms with van der Waals surface area (Å²) in [7, 11) is -2.14. The van der Waals surface area contributed by atoms with Crippen LogP contribution in [0.1, 0.15) is 25.3 Å². The summed E-state index contributed by atoms with van der Waals surface area (Å²) >= 11 is 0. The Bertz CT molecular complexity index is 635. The first-order chi connectivity index (χ1) is 10.4. The molecule has 2 rings (SSSR count). The summed E-state index contributed by atoms with van der Waals surface area (Å²) in [5.74, 6) is 0.658. The number of sulfonamides is 1. The Balaban J connectivity index is 2.31. The van der Waals surface area contributed by atoms with Gasteiger partial charge in [-0.3, -0.25) is 4.79 Å². The van der Waals surface area contributed by atoms with Crippen LogP contribution in [-0.4, -0.2) is 57.3 Å². The molecule has 0 unspecified atom stereocenters. The first-order valence-corrected chi connectivity index (χ1v) is 8.71. The number of carbonyl (C=O) groups is 1. The van der Waals surface area contributed by atoms with Gasteiger partial charge in [0.15, 0.2) is 0 Å². The second-order valence-electron chi connectivity index (χ2n) is 5.61. The van der Waals surface area contributed by atoms with E-state index in [1.807, 2.05) is 19.9 Å². The zero-order valence-corrected chi connectivity index (χ0v) is 14.0. The predicted molar refractivity (Wildman–Crippen MR) is 83.5 cm³/mol. The summed E-state index contributed by atoms with van der Waals surface area (Å²) in [4.78, 5) is 12.5. The number of nitrogens with zero attached hydrogens (tertiary/aromatic N) is 2. The van der Waals surface area contributed by atoms with Crippen LogP contribution in [0.2, 0.25) is 0 Å². The van der Waals surface area contributed by atoms with Crippen molar-refractivity contribution in [2.45, 2.75) is 24.7 Å². The van der Waals surface area contributed by atoms with Crippen LogP contribution in [0.15, 0.2) is 23.1 Å². The maximum atomic E-state index is 12.8. The summed E-state index contributed by atoms with van der Waals surface area (Å²) in [5, 5.41) is 0. The first-order valence-electron chi connectivity index (χ1n) is 7.27. The smallest absolute Gasteiger partial charge is 0.246 e. The number of rotatable bonds is 5. The average molecular weight is 326 g/mol. The lowest BCUT2D eigenvalue weighted by Gasteiger charge is -2.32. The molecule has 122 valence electrons. The molecule has 1 saturated heterocycles. The van der Waals surface area contributed by atoms with Crippen molar-refractivity contribution in [1.29, 1.82) is 0 Å². The van der Waals surface area contributed by atoms with Crippen molar-refractivity contribution in [3.8, 4) is 5.75 Å². The molecule has 1 aromatic carbocycles. The molecule has 1 fully saturated rings. The van der Waals surface area contributed by atoms with E-state index in [0.29, 0.717) is 37.8 Å². The normalized spacial score (nSPS) is 16.8. The van der Waals surface area contributed by atoms with Crippen LogP contribution >= 0.6 is 0 Å². The van der Waals surface area contributed by atoms with E-state index >= 15 is 0 Å². The molecule has 1 heterocycles. The fourth-order valence-electron chi connectivity index (χ4n) is 2.44. The van der Waals surface area contributed by atoms with Crippen molar-refractivity contribution in [3.63, 3.8) is 0 Å². The van der Waals surface area contributed by atoms with E-state index in [1.165, 1.54) is 11.4 Å². The molecule has 0 saturated carbocycles. The minimum atomic E-state index is -3.61. The van der Waals surface area contributed by atoms with Gasteiger partial charge in [-0.05, 0) is 23.6 Å². The second-order valence-corrected chi connectivity index (χ2v) is 7.52. The Kier molecular flexibility index (Phi) is 5.08. The highest BCUT2D eigenvalue weighted by Crippen LogP contribution is 2.30. The number of carbonyl (C=O) groups excluding carboxylic acids is 1. The first kappa shape index (κ1) is 16.8. The molecule has 22 heavy (non-hydrogen) atoms. The van der Waals surface area contributed by atoms with Crippen molar-refractivity contribution < 1.29 is 17.9 Å².